The molecule has 0 bridgehead atoms. The van der Waals surface area contributed by atoms with Crippen LogP contribution in [0.5, 0.6) is 0 Å². The average molecular weight is 286 g/mol. The summed E-state index contributed by atoms with van der Waals surface area (Å²) >= 11 is 2.30. The molecule has 0 radical (unpaired) electrons. The van der Waals surface area contributed by atoms with Gasteiger partial charge in [0.2, 0.25) is 0 Å². The zero-order valence-electron chi connectivity index (χ0n) is 7.85. The fourth-order valence-electron chi connectivity index (χ4n) is 0.831. The van der Waals surface area contributed by atoms with Gasteiger partial charge in [-0.3, -0.25) is 0 Å². The lowest BCUT2D eigenvalue weighted by molar-refractivity contribution is 0.0529. The first-order valence-corrected chi connectivity index (χ1v) is 6.15. The second-order valence-electron chi connectivity index (χ2n) is 2.62. The van der Waals surface area contributed by atoms with E-state index in [0.717, 1.165) is 30.9 Å². The molecule has 0 fully saturated rings. The lowest BCUT2D eigenvalue weighted by Gasteiger charge is -2.03. The molecule has 0 saturated carbocycles. The first-order chi connectivity index (χ1) is 5.91. The van der Waals surface area contributed by atoms with Gasteiger partial charge in [0.25, 0.3) is 0 Å². The topological polar surface area (TPSA) is 18.5 Å². The molecule has 0 aliphatic rings. The van der Waals surface area contributed by atoms with Gasteiger partial charge in [0, 0.05) is 11.0 Å². The molecule has 0 aliphatic heterocycles. The molecular weight excluding hydrogens is 267 g/mol. The number of halogens is 1. The van der Waals surface area contributed by atoms with Crippen molar-refractivity contribution in [2.24, 2.45) is 0 Å². The highest BCUT2D eigenvalue weighted by Gasteiger charge is 1.89. The molecular formula is C9H19IO2. The highest BCUT2D eigenvalue weighted by Crippen LogP contribution is 1.93. The van der Waals surface area contributed by atoms with E-state index in [1.807, 2.05) is 0 Å². The first-order valence-electron chi connectivity index (χ1n) is 4.63. The fraction of sp³-hybridized carbons (Fsp3) is 1.00. The summed E-state index contributed by atoms with van der Waals surface area (Å²) in [4.78, 5) is 0. The number of rotatable bonds is 9. The Morgan fingerprint density at radius 2 is 1.58 bits per heavy atom. The third-order valence-corrected chi connectivity index (χ3v) is 1.93. The van der Waals surface area contributed by atoms with Crippen LogP contribution in [0.3, 0.4) is 0 Å². The fourth-order valence-corrected chi connectivity index (χ4v) is 1.14. The monoisotopic (exact) mass is 286 g/mol. The van der Waals surface area contributed by atoms with E-state index in [4.69, 9.17) is 9.47 Å². The van der Waals surface area contributed by atoms with Crippen LogP contribution in [0.25, 0.3) is 0 Å². The molecule has 0 N–H and O–H groups in total. The van der Waals surface area contributed by atoms with Crippen LogP contribution >= 0.6 is 22.6 Å². The minimum absolute atomic E-state index is 0.745. The molecule has 0 aromatic carbocycles. The molecule has 0 unspecified atom stereocenters. The minimum atomic E-state index is 0.745. The Kier molecular flexibility index (Phi) is 12.3. The molecule has 0 aromatic heterocycles. The van der Waals surface area contributed by atoms with Gasteiger partial charge >= 0.3 is 0 Å². The maximum absolute atomic E-state index is 5.35. The summed E-state index contributed by atoms with van der Waals surface area (Å²) in [5.74, 6) is 0. The van der Waals surface area contributed by atoms with Crippen LogP contribution in [-0.4, -0.2) is 30.9 Å². The summed E-state index contributed by atoms with van der Waals surface area (Å²) in [6, 6.07) is 0. The Morgan fingerprint density at radius 1 is 0.917 bits per heavy atom. The predicted octanol–water partition coefficient (Wildman–Crippen LogP) is 2.64. The lowest BCUT2D eigenvalue weighted by atomic mass is 10.3. The summed E-state index contributed by atoms with van der Waals surface area (Å²) in [6.45, 7) is 5.43. The Balaban J connectivity index is 2.73. The minimum Gasteiger partial charge on any atom is -0.379 e. The number of unbranched alkanes of at least 4 members (excludes halogenated alkanes) is 2. The lowest BCUT2D eigenvalue weighted by Crippen LogP contribution is -2.06. The van der Waals surface area contributed by atoms with Gasteiger partial charge in [-0.05, 0) is 6.42 Å². The van der Waals surface area contributed by atoms with Crippen molar-refractivity contribution in [2.75, 3.05) is 30.9 Å². The van der Waals surface area contributed by atoms with Gasteiger partial charge in [-0.15, -0.1) is 0 Å². The zero-order valence-corrected chi connectivity index (χ0v) is 10.0. The van der Waals surface area contributed by atoms with Crippen molar-refractivity contribution in [2.45, 2.75) is 26.2 Å². The van der Waals surface area contributed by atoms with Crippen molar-refractivity contribution < 1.29 is 9.47 Å². The maximum Gasteiger partial charge on any atom is 0.0700 e. The van der Waals surface area contributed by atoms with Crippen LogP contribution in [0.4, 0.5) is 0 Å². The highest BCUT2D eigenvalue weighted by molar-refractivity contribution is 14.1. The number of alkyl halides is 1. The van der Waals surface area contributed by atoms with Gasteiger partial charge in [0.05, 0.1) is 19.8 Å². The first kappa shape index (κ1) is 12.7. The Bertz CT molecular complexity index is 68.9. The molecule has 0 aromatic rings. The number of hydrogen-bond donors (Lipinski definition) is 0. The second kappa shape index (κ2) is 11.6. The summed E-state index contributed by atoms with van der Waals surface area (Å²) < 4.78 is 11.7. The van der Waals surface area contributed by atoms with Crippen molar-refractivity contribution in [1.29, 1.82) is 0 Å². The van der Waals surface area contributed by atoms with E-state index in [-0.39, 0.29) is 0 Å². The van der Waals surface area contributed by atoms with Gasteiger partial charge in [-0.2, -0.15) is 0 Å². The summed E-state index contributed by atoms with van der Waals surface area (Å²) in [7, 11) is 0. The van der Waals surface area contributed by atoms with Crippen LogP contribution in [0.2, 0.25) is 0 Å². The van der Waals surface area contributed by atoms with E-state index in [0.29, 0.717) is 0 Å². The van der Waals surface area contributed by atoms with Crippen molar-refractivity contribution in [3.8, 4) is 0 Å². The van der Waals surface area contributed by atoms with Crippen molar-refractivity contribution in [1.82, 2.24) is 0 Å². The second-order valence-corrected chi connectivity index (χ2v) is 3.70. The van der Waals surface area contributed by atoms with Crippen LogP contribution < -0.4 is 0 Å². The van der Waals surface area contributed by atoms with Crippen LogP contribution in [0.1, 0.15) is 26.2 Å². The van der Waals surface area contributed by atoms with Crippen molar-refractivity contribution in [3.63, 3.8) is 0 Å². The molecule has 0 rings (SSSR count). The Hall–Kier alpha value is 0.650. The molecule has 0 spiro atoms. The summed E-state index contributed by atoms with van der Waals surface area (Å²) in [5.41, 5.74) is 0. The van der Waals surface area contributed by atoms with Crippen molar-refractivity contribution in [3.05, 3.63) is 0 Å². The molecule has 0 aliphatic carbocycles. The third kappa shape index (κ3) is 10.7. The largest absolute Gasteiger partial charge is 0.379 e. The molecule has 0 atom stereocenters. The standard InChI is InChI=1S/C9H19IO2/c1-2-3-4-6-11-8-9-12-7-5-10/h2-9H2,1H3. The van der Waals surface area contributed by atoms with E-state index in [2.05, 4.69) is 29.5 Å². The Labute approximate surface area is 89.1 Å². The smallest absolute Gasteiger partial charge is 0.0700 e. The highest BCUT2D eigenvalue weighted by atomic mass is 127. The third-order valence-electron chi connectivity index (χ3n) is 1.49. The molecule has 3 heteroatoms. The molecule has 12 heavy (non-hydrogen) atoms. The molecule has 74 valence electrons. The predicted molar refractivity (Wildman–Crippen MR) is 60.1 cm³/mol. The van der Waals surface area contributed by atoms with Crippen molar-refractivity contribution >= 4 is 22.6 Å². The SMILES string of the molecule is CCCCCOCCOCCI. The summed E-state index contributed by atoms with van der Waals surface area (Å²) in [5, 5.41) is 0. The Morgan fingerprint density at radius 3 is 2.17 bits per heavy atom. The van der Waals surface area contributed by atoms with E-state index < -0.39 is 0 Å². The molecule has 0 saturated heterocycles. The normalized spacial score (nSPS) is 10.5. The van der Waals surface area contributed by atoms with Gasteiger partial charge in [-0.1, -0.05) is 42.4 Å². The van der Waals surface area contributed by atoms with Gasteiger partial charge in [0.1, 0.15) is 0 Å². The number of ether oxygens (including phenoxy) is 2. The van der Waals surface area contributed by atoms with Crippen LogP contribution in [-0.2, 0) is 9.47 Å². The summed E-state index contributed by atoms with van der Waals surface area (Å²) in [6.07, 6.45) is 3.71. The molecule has 0 heterocycles. The van der Waals surface area contributed by atoms with Gasteiger partial charge in [0.15, 0.2) is 0 Å². The molecule has 0 amide bonds. The van der Waals surface area contributed by atoms with Crippen LogP contribution in [0, 0.1) is 0 Å². The maximum atomic E-state index is 5.35. The zero-order chi connectivity index (χ0) is 9.07. The quantitative estimate of drug-likeness (QED) is 0.368. The van der Waals surface area contributed by atoms with E-state index >= 15 is 0 Å². The number of hydrogen-bond acceptors (Lipinski definition) is 2. The van der Waals surface area contributed by atoms with E-state index in [1.54, 1.807) is 0 Å². The average Bonchev–Trinajstić information content (AvgIpc) is 2.10. The van der Waals surface area contributed by atoms with E-state index in [1.165, 1.54) is 19.3 Å². The van der Waals surface area contributed by atoms with Crippen LogP contribution in [0.15, 0.2) is 0 Å². The van der Waals surface area contributed by atoms with Gasteiger partial charge < -0.3 is 9.47 Å². The van der Waals surface area contributed by atoms with E-state index in [9.17, 15) is 0 Å². The van der Waals surface area contributed by atoms with Gasteiger partial charge in [-0.25, -0.2) is 0 Å². The molecule has 2 nitrogen and oxygen atoms in total.